The highest BCUT2D eigenvalue weighted by Crippen LogP contribution is 2.24. The lowest BCUT2D eigenvalue weighted by Crippen LogP contribution is -2.21. The molecule has 1 fully saturated rings. The lowest BCUT2D eigenvalue weighted by atomic mass is 10.0. The van der Waals surface area contributed by atoms with Gasteiger partial charge < -0.3 is 9.47 Å². The Kier molecular flexibility index (Phi) is 4.45. The predicted molar refractivity (Wildman–Crippen MR) is 63.2 cm³/mol. The Morgan fingerprint density at radius 1 is 1.44 bits per heavy atom. The summed E-state index contributed by atoms with van der Waals surface area (Å²) in [6.45, 7) is 1.96. The van der Waals surface area contributed by atoms with Crippen LogP contribution in [0.3, 0.4) is 0 Å². The topological polar surface area (TPSA) is 47.9 Å². The SMILES string of the molecule is O=C=Nc1ccc(OCC2CCOCC2)c(F)c1. The van der Waals surface area contributed by atoms with Crippen molar-refractivity contribution in [2.45, 2.75) is 12.8 Å². The summed E-state index contributed by atoms with van der Waals surface area (Å²) in [7, 11) is 0. The minimum atomic E-state index is -0.515. The maximum Gasteiger partial charge on any atom is 0.240 e. The summed E-state index contributed by atoms with van der Waals surface area (Å²) in [5.41, 5.74) is 0.237. The number of aliphatic imine (C=N–C) groups is 1. The van der Waals surface area contributed by atoms with E-state index in [9.17, 15) is 9.18 Å². The third kappa shape index (κ3) is 3.39. The van der Waals surface area contributed by atoms with Crippen molar-refractivity contribution in [2.24, 2.45) is 10.9 Å². The minimum absolute atomic E-state index is 0.186. The molecule has 96 valence electrons. The molecule has 5 heteroatoms. The van der Waals surface area contributed by atoms with Crippen molar-refractivity contribution in [3.8, 4) is 5.75 Å². The highest BCUT2D eigenvalue weighted by atomic mass is 19.1. The molecule has 4 nitrogen and oxygen atoms in total. The first-order valence-electron chi connectivity index (χ1n) is 5.87. The third-order valence-corrected chi connectivity index (χ3v) is 2.91. The van der Waals surface area contributed by atoms with Crippen molar-refractivity contribution in [1.82, 2.24) is 0 Å². The number of carbonyl (C=O) groups excluding carboxylic acids is 1. The number of ether oxygens (including phenoxy) is 2. The molecule has 0 radical (unpaired) electrons. The van der Waals surface area contributed by atoms with Crippen LogP contribution in [0.5, 0.6) is 5.75 Å². The molecule has 0 unspecified atom stereocenters. The zero-order valence-corrected chi connectivity index (χ0v) is 9.89. The van der Waals surface area contributed by atoms with E-state index in [1.54, 1.807) is 0 Å². The Bertz CT molecular complexity index is 452. The summed E-state index contributed by atoms with van der Waals surface area (Å²) in [4.78, 5) is 13.4. The van der Waals surface area contributed by atoms with E-state index in [-0.39, 0.29) is 11.4 Å². The Labute approximate surface area is 104 Å². The van der Waals surface area contributed by atoms with Gasteiger partial charge >= 0.3 is 0 Å². The van der Waals surface area contributed by atoms with Crippen molar-refractivity contribution in [2.75, 3.05) is 19.8 Å². The van der Waals surface area contributed by atoms with Crippen LogP contribution >= 0.6 is 0 Å². The van der Waals surface area contributed by atoms with Gasteiger partial charge in [0.2, 0.25) is 6.08 Å². The largest absolute Gasteiger partial charge is 0.490 e. The Balaban J connectivity index is 1.94. The molecule has 1 aliphatic heterocycles. The minimum Gasteiger partial charge on any atom is -0.490 e. The van der Waals surface area contributed by atoms with Crippen LogP contribution in [0.4, 0.5) is 10.1 Å². The summed E-state index contributed by atoms with van der Waals surface area (Å²) in [5.74, 6) is 0.0794. The van der Waals surface area contributed by atoms with Crippen LogP contribution < -0.4 is 4.74 Å². The number of hydrogen-bond acceptors (Lipinski definition) is 4. The third-order valence-electron chi connectivity index (χ3n) is 2.91. The van der Waals surface area contributed by atoms with Gasteiger partial charge in [-0.2, -0.15) is 4.99 Å². The molecule has 0 N–H and O–H groups in total. The van der Waals surface area contributed by atoms with E-state index in [0.717, 1.165) is 32.1 Å². The molecule has 0 bridgehead atoms. The first-order valence-corrected chi connectivity index (χ1v) is 5.87. The molecule has 0 aliphatic carbocycles. The standard InChI is InChI=1S/C13H14FNO3/c14-12-7-11(15-9-16)1-2-13(12)18-8-10-3-5-17-6-4-10/h1-2,7,10H,3-6,8H2. The Hall–Kier alpha value is -1.71. The molecular formula is C13H14FNO3. The number of benzene rings is 1. The predicted octanol–water partition coefficient (Wildman–Crippen LogP) is 2.60. The second-order valence-electron chi connectivity index (χ2n) is 4.18. The van der Waals surface area contributed by atoms with E-state index >= 15 is 0 Å². The summed E-state index contributed by atoms with van der Waals surface area (Å²) >= 11 is 0. The van der Waals surface area contributed by atoms with E-state index in [0.29, 0.717) is 12.5 Å². The first kappa shape index (κ1) is 12.7. The number of isocyanates is 1. The van der Waals surface area contributed by atoms with Gasteiger partial charge in [-0.3, -0.25) is 0 Å². The number of nitrogens with zero attached hydrogens (tertiary/aromatic N) is 1. The van der Waals surface area contributed by atoms with E-state index in [1.165, 1.54) is 18.2 Å². The Morgan fingerprint density at radius 3 is 2.89 bits per heavy atom. The van der Waals surface area contributed by atoms with Gasteiger partial charge in [0.15, 0.2) is 11.6 Å². The molecule has 1 heterocycles. The van der Waals surface area contributed by atoms with Gasteiger partial charge in [-0.1, -0.05) is 0 Å². The van der Waals surface area contributed by atoms with Gasteiger partial charge in [-0.25, -0.2) is 9.18 Å². The van der Waals surface area contributed by atoms with Crippen LogP contribution in [0.1, 0.15) is 12.8 Å². The summed E-state index contributed by atoms with van der Waals surface area (Å²) in [6, 6.07) is 4.16. The molecule has 1 saturated heterocycles. The quantitative estimate of drug-likeness (QED) is 0.610. The van der Waals surface area contributed by atoms with Gasteiger partial charge in [-0.15, -0.1) is 0 Å². The molecule has 18 heavy (non-hydrogen) atoms. The second-order valence-corrected chi connectivity index (χ2v) is 4.18. The molecular weight excluding hydrogens is 237 g/mol. The normalized spacial score (nSPS) is 16.1. The zero-order chi connectivity index (χ0) is 12.8. The second kappa shape index (κ2) is 6.28. The fraction of sp³-hybridized carbons (Fsp3) is 0.462. The highest BCUT2D eigenvalue weighted by molar-refractivity contribution is 5.50. The van der Waals surface area contributed by atoms with Crippen molar-refractivity contribution >= 4 is 11.8 Å². The molecule has 1 aromatic rings. The molecule has 0 amide bonds. The Morgan fingerprint density at radius 2 is 2.22 bits per heavy atom. The molecule has 0 atom stereocenters. The maximum atomic E-state index is 13.6. The first-order chi connectivity index (χ1) is 8.79. The van der Waals surface area contributed by atoms with Gasteiger partial charge in [0.25, 0.3) is 0 Å². The number of halogens is 1. The van der Waals surface area contributed by atoms with Crippen molar-refractivity contribution in [1.29, 1.82) is 0 Å². The molecule has 1 aliphatic rings. The van der Waals surface area contributed by atoms with Crippen LogP contribution in [0.15, 0.2) is 23.2 Å². The van der Waals surface area contributed by atoms with Gasteiger partial charge in [0.05, 0.1) is 12.3 Å². The van der Waals surface area contributed by atoms with Gasteiger partial charge in [0.1, 0.15) is 0 Å². The monoisotopic (exact) mass is 251 g/mol. The van der Waals surface area contributed by atoms with Crippen LogP contribution in [0, 0.1) is 11.7 Å². The molecule has 0 spiro atoms. The van der Waals surface area contributed by atoms with Gasteiger partial charge in [0, 0.05) is 19.3 Å². The summed E-state index contributed by atoms with van der Waals surface area (Å²) < 4.78 is 24.3. The lowest BCUT2D eigenvalue weighted by Gasteiger charge is -2.22. The summed E-state index contributed by atoms with van der Waals surface area (Å²) in [5, 5.41) is 0. The zero-order valence-electron chi connectivity index (χ0n) is 9.89. The molecule has 0 aromatic heterocycles. The lowest BCUT2D eigenvalue weighted by molar-refractivity contribution is 0.0492. The van der Waals surface area contributed by atoms with E-state index in [2.05, 4.69) is 4.99 Å². The smallest absolute Gasteiger partial charge is 0.240 e. The summed E-state index contributed by atoms with van der Waals surface area (Å²) in [6.07, 6.45) is 3.25. The van der Waals surface area contributed by atoms with E-state index < -0.39 is 5.82 Å². The van der Waals surface area contributed by atoms with Crippen molar-refractivity contribution in [3.05, 3.63) is 24.0 Å². The van der Waals surface area contributed by atoms with E-state index in [1.807, 2.05) is 0 Å². The van der Waals surface area contributed by atoms with Crippen molar-refractivity contribution in [3.63, 3.8) is 0 Å². The number of rotatable bonds is 4. The fourth-order valence-electron chi connectivity index (χ4n) is 1.85. The fourth-order valence-corrected chi connectivity index (χ4v) is 1.85. The van der Waals surface area contributed by atoms with Crippen molar-refractivity contribution < 1.29 is 18.7 Å². The average molecular weight is 251 g/mol. The molecule has 0 saturated carbocycles. The van der Waals surface area contributed by atoms with Gasteiger partial charge in [-0.05, 0) is 30.9 Å². The van der Waals surface area contributed by atoms with Crippen LogP contribution in [-0.2, 0) is 9.53 Å². The average Bonchev–Trinajstić information content (AvgIpc) is 2.39. The molecule has 1 aromatic carbocycles. The maximum absolute atomic E-state index is 13.6. The van der Waals surface area contributed by atoms with Crippen LogP contribution in [-0.4, -0.2) is 25.9 Å². The van der Waals surface area contributed by atoms with Crippen LogP contribution in [0.25, 0.3) is 0 Å². The molecule has 2 rings (SSSR count). The van der Waals surface area contributed by atoms with E-state index in [4.69, 9.17) is 9.47 Å². The number of hydrogen-bond donors (Lipinski definition) is 0. The van der Waals surface area contributed by atoms with Crippen LogP contribution in [0.2, 0.25) is 0 Å². The highest BCUT2D eigenvalue weighted by Gasteiger charge is 2.15.